The first-order valence-corrected chi connectivity index (χ1v) is 6.94. The van der Waals surface area contributed by atoms with Crippen molar-refractivity contribution in [2.45, 2.75) is 6.92 Å². The molecule has 1 aromatic carbocycles. The number of nitrogens with zero attached hydrogens (tertiary/aromatic N) is 4. The van der Waals surface area contributed by atoms with Gasteiger partial charge >= 0.3 is 0 Å². The highest BCUT2D eigenvalue weighted by molar-refractivity contribution is 5.92. The van der Waals surface area contributed by atoms with Crippen LogP contribution in [-0.2, 0) is 11.8 Å². The van der Waals surface area contributed by atoms with E-state index in [1.165, 1.54) is 13.3 Å². The molecule has 0 aliphatic rings. The number of aryl methyl sites for hydroxylation is 1. The lowest BCUT2D eigenvalue weighted by atomic mass is 10.2. The molecule has 0 atom stereocenters. The molecule has 0 aliphatic carbocycles. The Bertz CT molecular complexity index is 874. The van der Waals surface area contributed by atoms with Gasteiger partial charge in [-0.05, 0) is 18.2 Å². The number of fused-ring (bicyclic) bond motifs is 1. The minimum absolute atomic E-state index is 0.169. The van der Waals surface area contributed by atoms with E-state index < -0.39 is 0 Å². The molecule has 0 saturated carbocycles. The smallest absolute Gasteiger partial charge is 0.221 e. The SMILES string of the molecule is COc1ccc(Nc2ncnc3c2cnn3C)cc1NC(C)=O. The van der Waals surface area contributed by atoms with E-state index in [2.05, 4.69) is 25.7 Å². The van der Waals surface area contributed by atoms with Gasteiger partial charge in [-0.15, -0.1) is 0 Å². The lowest BCUT2D eigenvalue weighted by Crippen LogP contribution is -2.07. The topological polar surface area (TPSA) is 94.0 Å². The van der Waals surface area contributed by atoms with Crippen molar-refractivity contribution in [1.82, 2.24) is 19.7 Å². The molecular weight excluding hydrogens is 296 g/mol. The summed E-state index contributed by atoms with van der Waals surface area (Å²) in [6.45, 7) is 1.45. The van der Waals surface area contributed by atoms with Crippen LogP contribution in [0.3, 0.4) is 0 Å². The number of carbonyl (C=O) groups excluding carboxylic acids is 1. The molecule has 8 heteroatoms. The number of hydrogen-bond donors (Lipinski definition) is 2. The first-order valence-electron chi connectivity index (χ1n) is 6.94. The van der Waals surface area contributed by atoms with Gasteiger partial charge in [0.05, 0.1) is 24.4 Å². The lowest BCUT2D eigenvalue weighted by Gasteiger charge is -2.12. The zero-order valence-corrected chi connectivity index (χ0v) is 13.0. The summed E-state index contributed by atoms with van der Waals surface area (Å²) in [4.78, 5) is 19.8. The summed E-state index contributed by atoms with van der Waals surface area (Å²) in [5.74, 6) is 1.05. The standard InChI is InChI=1S/C15H16N6O2/c1-9(22)19-12-6-10(4-5-13(12)23-3)20-14-11-7-18-21(2)15(11)17-8-16-14/h4-8H,1-3H3,(H,19,22)(H,16,17,20). The molecule has 2 N–H and O–H groups in total. The van der Waals surface area contributed by atoms with Crippen molar-refractivity contribution in [2.75, 3.05) is 17.7 Å². The summed E-state index contributed by atoms with van der Waals surface area (Å²) in [7, 11) is 3.37. The van der Waals surface area contributed by atoms with Crippen LogP contribution < -0.4 is 15.4 Å². The molecule has 0 saturated heterocycles. The highest BCUT2D eigenvalue weighted by atomic mass is 16.5. The maximum absolute atomic E-state index is 11.3. The van der Waals surface area contributed by atoms with Crippen molar-refractivity contribution in [2.24, 2.45) is 7.05 Å². The van der Waals surface area contributed by atoms with Gasteiger partial charge in [0.15, 0.2) is 5.65 Å². The van der Waals surface area contributed by atoms with Crippen LogP contribution in [0, 0.1) is 0 Å². The second-order valence-electron chi connectivity index (χ2n) is 4.95. The van der Waals surface area contributed by atoms with Gasteiger partial charge in [0, 0.05) is 19.7 Å². The Morgan fingerprint density at radius 2 is 2.13 bits per heavy atom. The molecule has 8 nitrogen and oxygen atoms in total. The lowest BCUT2D eigenvalue weighted by molar-refractivity contribution is -0.114. The van der Waals surface area contributed by atoms with Crippen LogP contribution in [0.4, 0.5) is 17.2 Å². The Hall–Kier alpha value is -3.16. The number of benzene rings is 1. The third-order valence-electron chi connectivity index (χ3n) is 3.30. The number of rotatable bonds is 4. The fraction of sp³-hybridized carbons (Fsp3) is 0.200. The van der Waals surface area contributed by atoms with Crippen LogP contribution in [-0.4, -0.2) is 32.8 Å². The number of aromatic nitrogens is 4. The predicted molar refractivity (Wildman–Crippen MR) is 86.9 cm³/mol. The van der Waals surface area contributed by atoms with E-state index in [4.69, 9.17) is 4.74 Å². The Labute approximate surface area is 132 Å². The van der Waals surface area contributed by atoms with Gasteiger partial charge < -0.3 is 15.4 Å². The van der Waals surface area contributed by atoms with Crippen LogP contribution >= 0.6 is 0 Å². The van der Waals surface area contributed by atoms with Crippen LogP contribution in [0.15, 0.2) is 30.7 Å². The van der Waals surface area contributed by atoms with Gasteiger partial charge in [0.25, 0.3) is 0 Å². The predicted octanol–water partition coefficient (Wildman–Crippen LogP) is 2.07. The average Bonchev–Trinajstić information content (AvgIpc) is 2.90. The van der Waals surface area contributed by atoms with E-state index in [-0.39, 0.29) is 5.91 Å². The van der Waals surface area contributed by atoms with Crippen molar-refractivity contribution < 1.29 is 9.53 Å². The Balaban J connectivity index is 1.97. The van der Waals surface area contributed by atoms with Crippen LogP contribution in [0.5, 0.6) is 5.75 Å². The van der Waals surface area contributed by atoms with Gasteiger partial charge in [-0.1, -0.05) is 0 Å². The van der Waals surface area contributed by atoms with Crippen LogP contribution in [0.25, 0.3) is 11.0 Å². The van der Waals surface area contributed by atoms with E-state index >= 15 is 0 Å². The van der Waals surface area contributed by atoms with Crippen LogP contribution in [0.1, 0.15) is 6.92 Å². The second-order valence-corrected chi connectivity index (χ2v) is 4.95. The van der Waals surface area contributed by atoms with E-state index in [1.807, 2.05) is 13.1 Å². The minimum atomic E-state index is -0.169. The van der Waals surface area contributed by atoms with Gasteiger partial charge in [-0.2, -0.15) is 5.10 Å². The first-order chi connectivity index (χ1) is 11.1. The molecule has 1 amide bonds. The Kier molecular flexibility index (Phi) is 3.80. The highest BCUT2D eigenvalue weighted by Crippen LogP contribution is 2.30. The first kappa shape index (κ1) is 14.8. The fourth-order valence-corrected chi connectivity index (χ4v) is 2.27. The molecule has 0 unspecified atom stereocenters. The normalized spacial score (nSPS) is 10.6. The highest BCUT2D eigenvalue weighted by Gasteiger charge is 2.10. The molecule has 2 aromatic heterocycles. The zero-order valence-electron chi connectivity index (χ0n) is 13.0. The minimum Gasteiger partial charge on any atom is -0.495 e. The molecule has 118 valence electrons. The van der Waals surface area contributed by atoms with Crippen molar-refractivity contribution in [3.8, 4) is 5.75 Å². The summed E-state index contributed by atoms with van der Waals surface area (Å²) in [5.41, 5.74) is 2.08. The van der Waals surface area contributed by atoms with E-state index in [0.717, 1.165) is 16.7 Å². The molecule has 23 heavy (non-hydrogen) atoms. The second kappa shape index (κ2) is 5.91. The van der Waals surface area contributed by atoms with Crippen molar-refractivity contribution in [3.05, 3.63) is 30.7 Å². The maximum atomic E-state index is 11.3. The van der Waals surface area contributed by atoms with E-state index in [1.54, 1.807) is 30.1 Å². The summed E-state index contributed by atoms with van der Waals surface area (Å²) in [6, 6.07) is 5.40. The molecule has 3 rings (SSSR count). The van der Waals surface area contributed by atoms with Gasteiger partial charge in [-0.3, -0.25) is 9.48 Å². The molecule has 3 aromatic rings. The third-order valence-corrected chi connectivity index (χ3v) is 3.30. The van der Waals surface area contributed by atoms with Crippen molar-refractivity contribution >= 4 is 34.1 Å². The average molecular weight is 312 g/mol. The number of anilines is 3. The fourth-order valence-electron chi connectivity index (χ4n) is 2.27. The number of amides is 1. The molecular formula is C15H16N6O2. The number of hydrogen-bond acceptors (Lipinski definition) is 6. The summed E-state index contributed by atoms with van der Waals surface area (Å²) in [5, 5.41) is 10.9. The number of methoxy groups -OCH3 is 1. The molecule has 2 heterocycles. The van der Waals surface area contributed by atoms with Crippen LogP contribution in [0.2, 0.25) is 0 Å². The van der Waals surface area contributed by atoms with Crippen molar-refractivity contribution in [1.29, 1.82) is 0 Å². The number of nitrogens with one attached hydrogen (secondary N) is 2. The molecule has 0 spiro atoms. The number of carbonyl (C=O) groups is 1. The molecule has 0 aliphatic heterocycles. The van der Waals surface area contributed by atoms with E-state index in [9.17, 15) is 4.79 Å². The number of ether oxygens (including phenoxy) is 1. The van der Waals surface area contributed by atoms with Gasteiger partial charge in [0.1, 0.15) is 17.9 Å². The maximum Gasteiger partial charge on any atom is 0.221 e. The van der Waals surface area contributed by atoms with E-state index in [0.29, 0.717) is 17.3 Å². The summed E-state index contributed by atoms with van der Waals surface area (Å²) in [6.07, 6.45) is 3.18. The van der Waals surface area contributed by atoms with Gasteiger partial charge in [0.2, 0.25) is 5.91 Å². The third kappa shape index (κ3) is 2.91. The molecule has 0 bridgehead atoms. The Morgan fingerprint density at radius 1 is 1.30 bits per heavy atom. The summed E-state index contributed by atoms with van der Waals surface area (Å²) < 4.78 is 6.92. The molecule has 0 radical (unpaired) electrons. The largest absolute Gasteiger partial charge is 0.495 e. The zero-order chi connectivity index (χ0) is 16.4. The van der Waals surface area contributed by atoms with Crippen molar-refractivity contribution in [3.63, 3.8) is 0 Å². The monoisotopic (exact) mass is 312 g/mol. The Morgan fingerprint density at radius 3 is 2.87 bits per heavy atom. The molecule has 0 fully saturated rings. The summed E-state index contributed by atoms with van der Waals surface area (Å²) >= 11 is 0. The quantitative estimate of drug-likeness (QED) is 0.766. The van der Waals surface area contributed by atoms with Gasteiger partial charge in [-0.25, -0.2) is 9.97 Å².